The molecular weight excluding hydrogens is 380 g/mol. The molecule has 2 aromatic heterocycles. The molecule has 154 valence electrons. The highest BCUT2D eigenvalue weighted by molar-refractivity contribution is 6.01. The van der Waals surface area contributed by atoms with Crippen LogP contribution in [0.2, 0.25) is 0 Å². The van der Waals surface area contributed by atoms with Crippen LogP contribution in [0, 0.1) is 5.92 Å². The highest BCUT2D eigenvalue weighted by Crippen LogP contribution is 2.40. The van der Waals surface area contributed by atoms with Crippen molar-refractivity contribution in [3.8, 4) is 11.1 Å². The highest BCUT2D eigenvalue weighted by atomic mass is 16.5. The van der Waals surface area contributed by atoms with Crippen molar-refractivity contribution >= 4 is 28.5 Å². The van der Waals surface area contributed by atoms with E-state index >= 15 is 0 Å². The maximum atomic E-state index is 12.5. The topological polar surface area (TPSA) is 110 Å². The summed E-state index contributed by atoms with van der Waals surface area (Å²) in [6.07, 6.45) is 6.67. The van der Waals surface area contributed by atoms with Gasteiger partial charge in [-0.1, -0.05) is 18.2 Å². The predicted octanol–water partition coefficient (Wildman–Crippen LogP) is 3.11. The van der Waals surface area contributed by atoms with E-state index in [1.807, 2.05) is 36.5 Å². The number of aromatic nitrogens is 2. The number of fused-ring (bicyclic) bond motifs is 1. The number of carbonyl (C=O) groups excluding carboxylic acids is 2. The lowest BCUT2D eigenvalue weighted by Crippen LogP contribution is -2.45. The van der Waals surface area contributed by atoms with Crippen molar-refractivity contribution in [2.45, 2.75) is 31.1 Å². The van der Waals surface area contributed by atoms with Gasteiger partial charge >= 0.3 is 0 Å². The Balaban J connectivity index is 1.55. The summed E-state index contributed by atoms with van der Waals surface area (Å²) >= 11 is 0. The largest absolute Gasteiger partial charge is 0.381 e. The molecule has 1 aromatic carbocycles. The average molecular weight is 404 g/mol. The van der Waals surface area contributed by atoms with Gasteiger partial charge in [-0.25, -0.2) is 4.98 Å². The van der Waals surface area contributed by atoms with Gasteiger partial charge < -0.3 is 20.8 Å². The summed E-state index contributed by atoms with van der Waals surface area (Å²) in [5.41, 5.74) is 8.91. The third-order valence-electron chi connectivity index (χ3n) is 6.32. The number of para-hydroxylation sites is 1. The van der Waals surface area contributed by atoms with Gasteiger partial charge in [0.05, 0.1) is 10.9 Å². The monoisotopic (exact) mass is 404 g/mol. The van der Waals surface area contributed by atoms with Crippen molar-refractivity contribution in [1.82, 2.24) is 9.97 Å². The van der Waals surface area contributed by atoms with E-state index in [1.165, 1.54) is 0 Å². The van der Waals surface area contributed by atoms with E-state index in [9.17, 15) is 9.59 Å². The van der Waals surface area contributed by atoms with Crippen LogP contribution < -0.4 is 11.1 Å². The molecule has 2 amide bonds. The predicted molar refractivity (Wildman–Crippen MR) is 114 cm³/mol. The van der Waals surface area contributed by atoms with Crippen LogP contribution in [0.4, 0.5) is 5.82 Å². The quantitative estimate of drug-likeness (QED) is 0.607. The molecule has 1 aliphatic heterocycles. The van der Waals surface area contributed by atoms with Crippen molar-refractivity contribution in [3.05, 3.63) is 48.3 Å². The van der Waals surface area contributed by atoms with Gasteiger partial charge in [-0.05, 0) is 48.9 Å². The summed E-state index contributed by atoms with van der Waals surface area (Å²) in [5, 5.41) is 3.91. The third kappa shape index (κ3) is 3.15. The minimum absolute atomic E-state index is 0.0313. The number of nitrogens with zero attached hydrogens (tertiary/aromatic N) is 1. The summed E-state index contributed by atoms with van der Waals surface area (Å²) in [5.74, 6) is 0.385. The van der Waals surface area contributed by atoms with Crippen molar-refractivity contribution < 1.29 is 14.3 Å². The molecular formula is C23H24N4O3. The summed E-state index contributed by atoms with van der Waals surface area (Å²) in [6.45, 7) is 1.03. The fraction of sp³-hybridized carbons (Fsp3) is 0.348. The lowest BCUT2D eigenvalue weighted by molar-refractivity contribution is -0.127. The number of hydrogen-bond acceptors (Lipinski definition) is 4. The molecule has 1 saturated carbocycles. The molecule has 4 N–H and O–H groups in total. The first-order chi connectivity index (χ1) is 14.6. The van der Waals surface area contributed by atoms with Gasteiger partial charge in [-0.3, -0.25) is 9.59 Å². The molecule has 0 atom stereocenters. The Labute approximate surface area is 174 Å². The van der Waals surface area contributed by atoms with Crippen molar-refractivity contribution in [3.63, 3.8) is 0 Å². The van der Waals surface area contributed by atoms with E-state index in [4.69, 9.17) is 10.5 Å². The van der Waals surface area contributed by atoms with Crippen LogP contribution in [-0.2, 0) is 19.7 Å². The summed E-state index contributed by atoms with van der Waals surface area (Å²) in [7, 11) is 0. The Morgan fingerprint density at radius 1 is 1.20 bits per heavy atom. The van der Waals surface area contributed by atoms with Crippen LogP contribution in [0.15, 0.2) is 42.7 Å². The number of aromatic amines is 1. The van der Waals surface area contributed by atoms with Crippen LogP contribution >= 0.6 is 0 Å². The number of nitrogens with two attached hydrogens (primary N) is 1. The second-order valence-electron chi connectivity index (χ2n) is 8.18. The Hall–Kier alpha value is -3.19. The molecule has 7 heteroatoms. The molecule has 1 aliphatic carbocycles. The molecule has 0 spiro atoms. The highest BCUT2D eigenvalue weighted by Gasteiger charge is 2.41. The van der Waals surface area contributed by atoms with Crippen molar-refractivity contribution in [2.24, 2.45) is 11.7 Å². The number of primary amides is 1. The van der Waals surface area contributed by atoms with E-state index in [1.54, 1.807) is 6.20 Å². The lowest BCUT2D eigenvalue weighted by Gasteiger charge is -2.35. The van der Waals surface area contributed by atoms with Crippen molar-refractivity contribution in [2.75, 3.05) is 18.5 Å². The fourth-order valence-electron chi connectivity index (χ4n) is 4.40. The Kier molecular flexibility index (Phi) is 4.55. The number of amides is 2. The van der Waals surface area contributed by atoms with Gasteiger partial charge in [0.1, 0.15) is 5.82 Å². The zero-order chi connectivity index (χ0) is 20.7. The molecule has 0 bridgehead atoms. The Morgan fingerprint density at radius 3 is 2.73 bits per heavy atom. The van der Waals surface area contributed by atoms with Crippen LogP contribution in [0.1, 0.15) is 31.2 Å². The zero-order valence-electron chi connectivity index (χ0n) is 16.6. The van der Waals surface area contributed by atoms with Crippen LogP contribution in [0.25, 0.3) is 22.0 Å². The SMILES string of the molecule is NC(=O)C1(c2cccc3c(-c4ccnc(NC(=O)C5CC5)c4)c[nH]c23)CCOCC1. The van der Waals surface area contributed by atoms with Gasteiger partial charge in [0, 0.05) is 42.5 Å². The second kappa shape index (κ2) is 7.25. The van der Waals surface area contributed by atoms with E-state index < -0.39 is 5.41 Å². The Morgan fingerprint density at radius 2 is 2.00 bits per heavy atom. The number of nitrogens with one attached hydrogen (secondary N) is 2. The molecule has 30 heavy (non-hydrogen) atoms. The number of H-pyrrole nitrogens is 1. The van der Waals surface area contributed by atoms with E-state index in [2.05, 4.69) is 15.3 Å². The minimum Gasteiger partial charge on any atom is -0.381 e. The van der Waals surface area contributed by atoms with E-state index in [-0.39, 0.29) is 17.7 Å². The summed E-state index contributed by atoms with van der Waals surface area (Å²) in [4.78, 5) is 32.3. The maximum Gasteiger partial charge on any atom is 0.228 e. The number of ether oxygens (including phenoxy) is 1. The molecule has 3 heterocycles. The van der Waals surface area contributed by atoms with Gasteiger partial charge in [-0.15, -0.1) is 0 Å². The Bertz CT molecular complexity index is 1130. The number of rotatable bonds is 5. The van der Waals surface area contributed by atoms with Crippen LogP contribution in [0.3, 0.4) is 0 Å². The maximum absolute atomic E-state index is 12.5. The summed E-state index contributed by atoms with van der Waals surface area (Å²) in [6, 6.07) is 9.77. The van der Waals surface area contributed by atoms with Gasteiger partial charge in [0.2, 0.25) is 11.8 Å². The van der Waals surface area contributed by atoms with Gasteiger partial charge in [-0.2, -0.15) is 0 Å². The smallest absolute Gasteiger partial charge is 0.228 e. The number of pyridine rings is 1. The van der Waals surface area contributed by atoms with Crippen LogP contribution in [-0.4, -0.2) is 35.0 Å². The third-order valence-corrected chi connectivity index (χ3v) is 6.32. The van der Waals surface area contributed by atoms with Crippen molar-refractivity contribution in [1.29, 1.82) is 0 Å². The second-order valence-corrected chi connectivity index (χ2v) is 8.18. The molecule has 7 nitrogen and oxygen atoms in total. The van der Waals surface area contributed by atoms with E-state index in [0.29, 0.717) is 31.9 Å². The number of hydrogen-bond donors (Lipinski definition) is 3. The molecule has 1 saturated heterocycles. The number of benzene rings is 1. The first-order valence-corrected chi connectivity index (χ1v) is 10.3. The molecule has 0 radical (unpaired) electrons. The molecule has 2 fully saturated rings. The first kappa shape index (κ1) is 18.8. The summed E-state index contributed by atoms with van der Waals surface area (Å²) < 4.78 is 5.49. The fourth-order valence-corrected chi connectivity index (χ4v) is 4.40. The molecule has 5 rings (SSSR count). The normalized spacial score (nSPS) is 18.3. The lowest BCUT2D eigenvalue weighted by atomic mass is 9.73. The zero-order valence-corrected chi connectivity index (χ0v) is 16.6. The molecule has 2 aliphatic rings. The molecule has 3 aromatic rings. The van der Waals surface area contributed by atoms with Crippen LogP contribution in [0.5, 0.6) is 0 Å². The number of anilines is 1. The van der Waals surface area contributed by atoms with Gasteiger partial charge in [0.25, 0.3) is 0 Å². The van der Waals surface area contributed by atoms with Gasteiger partial charge in [0.15, 0.2) is 0 Å². The molecule has 0 unspecified atom stereocenters. The first-order valence-electron chi connectivity index (χ1n) is 10.3. The number of carbonyl (C=O) groups is 2. The standard InChI is InChI=1S/C23H24N4O3/c24-22(29)23(7-10-30-11-8-23)18-3-1-2-16-17(13-26-20(16)18)15-6-9-25-19(12-15)27-21(28)14-4-5-14/h1-3,6,9,12-14,26H,4-5,7-8,10-11H2,(H2,24,29)(H,25,27,28). The average Bonchev–Trinajstić information content (AvgIpc) is 3.53. The van der Waals surface area contributed by atoms with E-state index in [0.717, 1.165) is 40.4 Å². The minimum atomic E-state index is -0.735.